The lowest BCUT2D eigenvalue weighted by atomic mass is 10.0. The molecule has 1 fully saturated rings. The van der Waals surface area contributed by atoms with E-state index in [1.807, 2.05) is 48.5 Å². The van der Waals surface area contributed by atoms with E-state index in [2.05, 4.69) is 10.6 Å². The fourth-order valence-electron chi connectivity index (χ4n) is 2.43. The van der Waals surface area contributed by atoms with E-state index >= 15 is 0 Å². The second kappa shape index (κ2) is 9.91. The van der Waals surface area contributed by atoms with Gasteiger partial charge in [-0.15, -0.1) is 12.4 Å². The molecule has 0 radical (unpaired) electrons. The molecule has 2 aromatic carbocycles. The van der Waals surface area contributed by atoms with Gasteiger partial charge in [0.25, 0.3) is 5.91 Å². The second-order valence-electron chi connectivity index (χ2n) is 5.74. The Kier molecular flexibility index (Phi) is 7.57. The standard InChI is InChI=1S/C19H22N2O3.ClH/c22-19(21-14-15-12-20-13-15)17-8-4-5-9-18(17)24-11-10-23-16-6-2-1-3-7-16;/h1-9,15,20H,10-14H2,(H,21,22);1H. The zero-order chi connectivity index (χ0) is 16.6. The number of carbonyl (C=O) groups excluding carboxylic acids is 1. The maximum absolute atomic E-state index is 12.3. The van der Waals surface area contributed by atoms with Crippen molar-refractivity contribution < 1.29 is 14.3 Å². The van der Waals surface area contributed by atoms with Crippen LogP contribution in [0.25, 0.3) is 0 Å². The third-order valence-electron chi connectivity index (χ3n) is 3.90. The highest BCUT2D eigenvalue weighted by Crippen LogP contribution is 2.18. The maximum Gasteiger partial charge on any atom is 0.255 e. The molecule has 0 aromatic heterocycles. The van der Waals surface area contributed by atoms with Crippen LogP contribution in [0.3, 0.4) is 0 Å². The number of hydrogen-bond acceptors (Lipinski definition) is 4. The quantitative estimate of drug-likeness (QED) is 0.708. The molecular formula is C19H23ClN2O3. The number of benzene rings is 2. The van der Waals surface area contributed by atoms with Crippen molar-refractivity contribution in [1.29, 1.82) is 0 Å². The van der Waals surface area contributed by atoms with Gasteiger partial charge in [0.1, 0.15) is 24.7 Å². The summed E-state index contributed by atoms with van der Waals surface area (Å²) in [6.45, 7) is 3.43. The third-order valence-corrected chi connectivity index (χ3v) is 3.90. The molecule has 1 aliphatic rings. The van der Waals surface area contributed by atoms with Gasteiger partial charge in [-0.05, 0) is 24.3 Å². The summed E-state index contributed by atoms with van der Waals surface area (Å²) in [6, 6.07) is 16.9. The smallest absolute Gasteiger partial charge is 0.255 e. The van der Waals surface area contributed by atoms with Gasteiger partial charge in [-0.2, -0.15) is 0 Å². The number of nitrogens with one attached hydrogen (secondary N) is 2. The van der Waals surface area contributed by atoms with Crippen LogP contribution in [0.5, 0.6) is 11.5 Å². The van der Waals surface area contributed by atoms with Gasteiger partial charge in [-0.25, -0.2) is 0 Å². The Bertz CT molecular complexity index is 663. The molecule has 0 bridgehead atoms. The molecule has 0 atom stereocenters. The zero-order valence-corrected chi connectivity index (χ0v) is 14.8. The Balaban J connectivity index is 0.00000225. The van der Waals surface area contributed by atoms with Crippen molar-refractivity contribution in [3.8, 4) is 11.5 Å². The predicted octanol–water partition coefficient (Wildman–Crippen LogP) is 2.52. The second-order valence-corrected chi connectivity index (χ2v) is 5.74. The Labute approximate surface area is 154 Å². The molecule has 25 heavy (non-hydrogen) atoms. The van der Waals surface area contributed by atoms with Crippen LogP contribution in [0.1, 0.15) is 10.4 Å². The highest BCUT2D eigenvalue weighted by Gasteiger charge is 2.19. The number of halogens is 1. The number of para-hydroxylation sites is 2. The first-order valence-electron chi connectivity index (χ1n) is 8.21. The molecule has 3 rings (SSSR count). The van der Waals surface area contributed by atoms with E-state index in [1.54, 1.807) is 6.07 Å². The molecule has 0 saturated carbocycles. The lowest BCUT2D eigenvalue weighted by Crippen LogP contribution is -2.48. The molecular weight excluding hydrogens is 340 g/mol. The monoisotopic (exact) mass is 362 g/mol. The van der Waals surface area contributed by atoms with Crippen molar-refractivity contribution in [3.05, 3.63) is 60.2 Å². The molecule has 1 saturated heterocycles. The fourth-order valence-corrected chi connectivity index (χ4v) is 2.43. The van der Waals surface area contributed by atoms with Gasteiger partial charge in [-0.1, -0.05) is 30.3 Å². The Morgan fingerprint density at radius 1 is 1.00 bits per heavy atom. The van der Waals surface area contributed by atoms with Gasteiger partial charge in [0.2, 0.25) is 0 Å². The van der Waals surface area contributed by atoms with Gasteiger partial charge < -0.3 is 20.1 Å². The van der Waals surface area contributed by atoms with E-state index in [-0.39, 0.29) is 18.3 Å². The van der Waals surface area contributed by atoms with E-state index in [0.29, 0.717) is 37.0 Å². The SMILES string of the molecule is Cl.O=C(NCC1CNC1)c1ccccc1OCCOc1ccccc1. The summed E-state index contributed by atoms with van der Waals surface area (Å²) in [5.74, 6) is 1.82. The summed E-state index contributed by atoms with van der Waals surface area (Å²) in [7, 11) is 0. The Hall–Kier alpha value is -2.24. The summed E-state index contributed by atoms with van der Waals surface area (Å²) in [5, 5.41) is 6.16. The number of amides is 1. The topological polar surface area (TPSA) is 59.6 Å². The minimum Gasteiger partial charge on any atom is -0.490 e. The highest BCUT2D eigenvalue weighted by atomic mass is 35.5. The summed E-state index contributed by atoms with van der Waals surface area (Å²) >= 11 is 0. The molecule has 2 aromatic rings. The molecule has 1 aliphatic heterocycles. The normalized spacial score (nSPS) is 13.3. The highest BCUT2D eigenvalue weighted by molar-refractivity contribution is 5.96. The van der Waals surface area contributed by atoms with Gasteiger partial charge in [-0.3, -0.25) is 4.79 Å². The molecule has 5 nitrogen and oxygen atoms in total. The molecule has 134 valence electrons. The first-order chi connectivity index (χ1) is 11.8. The number of rotatable bonds is 8. The van der Waals surface area contributed by atoms with Gasteiger partial charge in [0, 0.05) is 25.6 Å². The van der Waals surface area contributed by atoms with Crippen LogP contribution in [-0.2, 0) is 0 Å². The zero-order valence-electron chi connectivity index (χ0n) is 13.9. The van der Waals surface area contributed by atoms with Gasteiger partial charge in [0.15, 0.2) is 0 Å². The predicted molar refractivity (Wildman–Crippen MR) is 99.8 cm³/mol. The van der Waals surface area contributed by atoms with Crippen LogP contribution in [-0.4, -0.2) is 38.8 Å². The minimum atomic E-state index is -0.0959. The van der Waals surface area contributed by atoms with Crippen molar-refractivity contribution in [3.63, 3.8) is 0 Å². The van der Waals surface area contributed by atoms with E-state index in [9.17, 15) is 4.79 Å². The first kappa shape index (κ1) is 19.1. The van der Waals surface area contributed by atoms with Crippen molar-refractivity contribution in [2.45, 2.75) is 0 Å². The Morgan fingerprint density at radius 3 is 2.40 bits per heavy atom. The van der Waals surface area contributed by atoms with Crippen LogP contribution in [0.15, 0.2) is 54.6 Å². The molecule has 6 heteroatoms. The van der Waals surface area contributed by atoms with Crippen molar-refractivity contribution >= 4 is 18.3 Å². The largest absolute Gasteiger partial charge is 0.490 e. The molecule has 2 N–H and O–H groups in total. The first-order valence-corrected chi connectivity index (χ1v) is 8.21. The molecule has 0 spiro atoms. The molecule has 1 heterocycles. The van der Waals surface area contributed by atoms with E-state index in [0.717, 1.165) is 18.8 Å². The molecule has 0 unspecified atom stereocenters. The summed E-state index contributed by atoms with van der Waals surface area (Å²) < 4.78 is 11.3. The van der Waals surface area contributed by atoms with E-state index in [1.165, 1.54) is 0 Å². The average molecular weight is 363 g/mol. The summed E-state index contributed by atoms with van der Waals surface area (Å²) in [4.78, 5) is 12.3. The fraction of sp³-hybridized carbons (Fsp3) is 0.316. The number of carbonyl (C=O) groups is 1. The maximum atomic E-state index is 12.3. The summed E-state index contributed by atoms with van der Waals surface area (Å²) in [5.41, 5.74) is 0.560. The summed E-state index contributed by atoms with van der Waals surface area (Å²) in [6.07, 6.45) is 0. The minimum absolute atomic E-state index is 0. The van der Waals surface area contributed by atoms with Crippen molar-refractivity contribution in [1.82, 2.24) is 10.6 Å². The van der Waals surface area contributed by atoms with E-state index in [4.69, 9.17) is 9.47 Å². The van der Waals surface area contributed by atoms with E-state index < -0.39 is 0 Å². The number of ether oxygens (including phenoxy) is 2. The Morgan fingerprint density at radius 2 is 1.68 bits per heavy atom. The van der Waals surface area contributed by atoms with Gasteiger partial charge in [0.05, 0.1) is 5.56 Å². The van der Waals surface area contributed by atoms with Crippen LogP contribution in [0.2, 0.25) is 0 Å². The third kappa shape index (κ3) is 5.66. The molecule has 0 aliphatic carbocycles. The average Bonchev–Trinajstić information content (AvgIpc) is 2.58. The van der Waals surface area contributed by atoms with Crippen LogP contribution < -0.4 is 20.1 Å². The molecule has 1 amide bonds. The lowest BCUT2D eigenvalue weighted by Gasteiger charge is -2.27. The van der Waals surface area contributed by atoms with Crippen LogP contribution in [0.4, 0.5) is 0 Å². The van der Waals surface area contributed by atoms with Crippen molar-refractivity contribution in [2.24, 2.45) is 5.92 Å². The van der Waals surface area contributed by atoms with Crippen LogP contribution >= 0.6 is 12.4 Å². The lowest BCUT2D eigenvalue weighted by molar-refractivity contribution is 0.0937. The van der Waals surface area contributed by atoms with Crippen molar-refractivity contribution in [2.75, 3.05) is 32.8 Å². The van der Waals surface area contributed by atoms with Crippen LogP contribution in [0, 0.1) is 5.92 Å². The van der Waals surface area contributed by atoms with Gasteiger partial charge >= 0.3 is 0 Å². The number of hydrogen-bond donors (Lipinski definition) is 2.